The second kappa shape index (κ2) is 14.9. The number of carbonyl (C=O) groups excluding carboxylic acids is 3. The van der Waals surface area contributed by atoms with E-state index in [9.17, 15) is 34.4 Å². The van der Waals surface area contributed by atoms with Gasteiger partial charge in [0.2, 0.25) is 0 Å². The molecule has 3 saturated carbocycles. The highest BCUT2D eigenvalue weighted by Gasteiger charge is 2.64. The number of unbranched alkanes of at least 4 members (excludes halogenated alkanes) is 1. The minimum absolute atomic E-state index is 0.000300. The number of aliphatic hydroxyl groups excluding tert-OH is 1. The lowest BCUT2D eigenvalue weighted by molar-refractivity contribution is -0.763. The van der Waals surface area contributed by atoms with E-state index in [4.69, 9.17) is 9.84 Å². The Labute approximate surface area is 275 Å². The number of benzene rings is 1. The van der Waals surface area contributed by atoms with Gasteiger partial charge in [-0.2, -0.15) is 0 Å². The van der Waals surface area contributed by atoms with Crippen molar-refractivity contribution in [1.82, 2.24) is 0 Å². The van der Waals surface area contributed by atoms with E-state index >= 15 is 0 Å². The fraction of sp³-hybridized carbons (Fsp3) is 0.611. The van der Waals surface area contributed by atoms with Gasteiger partial charge < -0.3 is 19.8 Å². The lowest BCUT2D eigenvalue weighted by Gasteiger charge is -2.58. The summed E-state index contributed by atoms with van der Waals surface area (Å²) in [6, 6.07) is 6.70. The van der Waals surface area contributed by atoms with Crippen LogP contribution in [-0.2, 0) is 41.8 Å². The molecule has 11 heteroatoms. The van der Waals surface area contributed by atoms with Crippen molar-refractivity contribution in [1.29, 1.82) is 0 Å². The van der Waals surface area contributed by atoms with Gasteiger partial charge in [0.1, 0.15) is 13.2 Å². The van der Waals surface area contributed by atoms with Crippen LogP contribution < -0.4 is 0 Å². The number of ketones is 2. The average molecular weight is 654 g/mol. The Morgan fingerprint density at radius 3 is 2.55 bits per heavy atom. The third-order valence-electron chi connectivity index (χ3n) is 11.0. The molecule has 4 aliphatic carbocycles. The molecule has 0 aromatic heterocycles. The molecule has 0 aliphatic heterocycles. The molecule has 0 spiro atoms. The third kappa shape index (κ3) is 8.00. The van der Waals surface area contributed by atoms with Gasteiger partial charge in [-0.05, 0) is 78.6 Å². The van der Waals surface area contributed by atoms with E-state index in [1.54, 1.807) is 36.4 Å². The van der Waals surface area contributed by atoms with Crippen molar-refractivity contribution in [2.24, 2.45) is 40.4 Å². The number of ether oxygens (including phenoxy) is 1. The highest BCUT2D eigenvalue weighted by atomic mass is 16.9. The number of allylic oxidation sites excluding steroid dienone is 4. The molecule has 5 rings (SSSR count). The van der Waals surface area contributed by atoms with Crippen LogP contribution in [0.15, 0.2) is 48.1 Å². The number of carbonyl (C=O) groups is 4. The number of rotatable bonds is 11. The fourth-order valence-electron chi connectivity index (χ4n) is 9.12. The Balaban J connectivity index is 0.000000644. The van der Waals surface area contributed by atoms with Gasteiger partial charge in [0.25, 0.3) is 5.09 Å². The maximum absolute atomic E-state index is 13.6. The number of esters is 1. The largest absolute Gasteiger partial charge is 0.481 e. The van der Waals surface area contributed by atoms with E-state index in [0.29, 0.717) is 24.0 Å². The summed E-state index contributed by atoms with van der Waals surface area (Å²) in [6.45, 7) is 7.78. The van der Waals surface area contributed by atoms with Gasteiger partial charge in [0.05, 0.1) is 12.5 Å². The minimum atomic E-state index is -0.870. The normalized spacial score (nSPS) is 32.0. The molecular weight excluding hydrogens is 606 g/mol. The molecule has 4 aliphatic rings. The van der Waals surface area contributed by atoms with Crippen LogP contribution in [0.4, 0.5) is 0 Å². The molecule has 0 amide bonds. The molecule has 2 N–H and O–H groups in total. The van der Waals surface area contributed by atoms with E-state index in [2.05, 4.69) is 25.6 Å². The van der Waals surface area contributed by atoms with E-state index < -0.39 is 28.5 Å². The molecule has 47 heavy (non-hydrogen) atoms. The Morgan fingerprint density at radius 2 is 1.89 bits per heavy atom. The smallest absolute Gasteiger partial charge is 0.310 e. The summed E-state index contributed by atoms with van der Waals surface area (Å²) in [5.41, 5.74) is 1.51. The van der Waals surface area contributed by atoms with Gasteiger partial charge in [-0.3, -0.25) is 19.2 Å². The molecule has 256 valence electrons. The fourth-order valence-corrected chi connectivity index (χ4v) is 9.12. The van der Waals surface area contributed by atoms with Gasteiger partial charge in [-0.1, -0.05) is 70.0 Å². The summed E-state index contributed by atoms with van der Waals surface area (Å²) >= 11 is 0. The van der Waals surface area contributed by atoms with Gasteiger partial charge in [-0.25, -0.2) is 0 Å². The van der Waals surface area contributed by atoms with Crippen LogP contribution in [-0.4, -0.2) is 51.5 Å². The van der Waals surface area contributed by atoms with Crippen LogP contribution in [0.5, 0.6) is 0 Å². The monoisotopic (exact) mass is 653 g/mol. The van der Waals surface area contributed by atoms with E-state index in [-0.39, 0.29) is 66.2 Å². The van der Waals surface area contributed by atoms with Crippen LogP contribution in [0.3, 0.4) is 0 Å². The highest BCUT2D eigenvalue weighted by Crippen LogP contribution is 2.67. The van der Waals surface area contributed by atoms with Crippen LogP contribution in [0.1, 0.15) is 83.8 Å². The maximum Gasteiger partial charge on any atom is 0.310 e. The minimum Gasteiger partial charge on any atom is -0.481 e. The third-order valence-corrected chi connectivity index (χ3v) is 11.0. The number of fused-ring (bicyclic) bond motifs is 5. The quantitative estimate of drug-likeness (QED) is 0.178. The number of aliphatic carboxylic acids is 1. The summed E-state index contributed by atoms with van der Waals surface area (Å²) in [5, 5.41) is 29.2. The molecule has 0 radical (unpaired) electrons. The molecule has 1 aromatic carbocycles. The van der Waals surface area contributed by atoms with Gasteiger partial charge >= 0.3 is 11.9 Å². The van der Waals surface area contributed by atoms with Crippen molar-refractivity contribution in [3.05, 3.63) is 69.3 Å². The second-order valence-electron chi connectivity index (χ2n) is 14.1. The summed E-state index contributed by atoms with van der Waals surface area (Å²) in [7, 11) is 0. The van der Waals surface area contributed by atoms with Crippen molar-refractivity contribution >= 4 is 23.5 Å². The molecule has 11 nitrogen and oxygen atoms in total. The van der Waals surface area contributed by atoms with Gasteiger partial charge in [0.15, 0.2) is 11.6 Å². The summed E-state index contributed by atoms with van der Waals surface area (Å²) in [4.78, 5) is 62.8. The average Bonchev–Trinajstić information content (AvgIpc) is 3.27. The Kier molecular flexibility index (Phi) is 11.4. The van der Waals surface area contributed by atoms with Gasteiger partial charge in [-0.15, -0.1) is 10.1 Å². The van der Waals surface area contributed by atoms with Crippen LogP contribution >= 0.6 is 0 Å². The summed E-state index contributed by atoms with van der Waals surface area (Å²) in [6.07, 6.45) is 9.85. The summed E-state index contributed by atoms with van der Waals surface area (Å²) < 4.78 is 5.42. The van der Waals surface area contributed by atoms with Crippen molar-refractivity contribution in [2.75, 3.05) is 6.61 Å². The molecule has 0 saturated heterocycles. The molecule has 8 atom stereocenters. The zero-order valence-electron chi connectivity index (χ0n) is 27.7. The SMILES string of the molecule is CC1CC2C3CCC4=CC(=O)C=CC4(C)C3C(O)CC2(C)C1C(=O)COC(=O)Cc1cccc(CO[N+](=O)[O-])c1.CCCCC(=O)O. The lowest BCUT2D eigenvalue weighted by atomic mass is 9.46. The molecular formula is C36H47NO10. The van der Waals surface area contributed by atoms with Crippen LogP contribution in [0.2, 0.25) is 0 Å². The molecule has 0 bridgehead atoms. The predicted molar refractivity (Wildman–Crippen MR) is 171 cm³/mol. The van der Waals surface area contributed by atoms with E-state index in [1.807, 2.05) is 13.0 Å². The van der Waals surface area contributed by atoms with E-state index in [0.717, 1.165) is 37.7 Å². The zero-order chi connectivity index (χ0) is 34.5. The number of carboxylic acids is 1. The molecule has 8 unspecified atom stereocenters. The molecule has 3 fully saturated rings. The first-order valence-corrected chi connectivity index (χ1v) is 16.6. The van der Waals surface area contributed by atoms with Crippen molar-refractivity contribution in [3.63, 3.8) is 0 Å². The highest BCUT2D eigenvalue weighted by molar-refractivity contribution is 6.01. The molecule has 1 aromatic rings. The van der Waals surface area contributed by atoms with Gasteiger partial charge in [0, 0.05) is 23.7 Å². The van der Waals surface area contributed by atoms with Crippen LogP contribution in [0, 0.1) is 50.5 Å². The second-order valence-corrected chi connectivity index (χ2v) is 14.1. The Bertz CT molecular complexity index is 1430. The number of carboxylic acid groups (broad SMARTS) is 1. The van der Waals surface area contributed by atoms with Crippen molar-refractivity contribution in [2.45, 2.75) is 91.8 Å². The molecule has 0 heterocycles. The number of hydrogen-bond acceptors (Lipinski definition) is 9. The number of Topliss-reactive ketones (excluding diaryl/α,β-unsaturated/α-hetero) is 1. The van der Waals surface area contributed by atoms with Crippen LogP contribution in [0.25, 0.3) is 0 Å². The first-order valence-electron chi connectivity index (χ1n) is 16.6. The zero-order valence-corrected chi connectivity index (χ0v) is 27.7. The Hall–Kier alpha value is -3.86. The van der Waals surface area contributed by atoms with E-state index in [1.165, 1.54) is 0 Å². The summed E-state index contributed by atoms with van der Waals surface area (Å²) in [5.74, 6) is -1.08. The lowest BCUT2D eigenvalue weighted by Crippen LogP contribution is -2.56. The predicted octanol–water partition coefficient (Wildman–Crippen LogP) is 5.45. The topological polar surface area (TPSA) is 170 Å². The van der Waals surface area contributed by atoms with Crippen molar-refractivity contribution in [3.8, 4) is 0 Å². The number of hydrogen-bond donors (Lipinski definition) is 2. The number of aliphatic hydroxyl groups is 1. The standard InChI is InChI=1S/C31H37NO8.C5H10O2/c1-18-11-24-23-8-7-21-14-22(33)9-10-30(21,2)29(23)25(34)15-31(24,3)28(18)26(35)17-39-27(36)13-19-5-4-6-20(12-19)16-40-32(37)38;1-2-3-4-5(6)7/h4-6,9-10,12,14,18,23-25,28-29,34H,7-8,11,13,15-17H2,1-3H3;2-4H2,1H3,(H,6,7). The first kappa shape index (κ1) is 36.0. The first-order chi connectivity index (χ1) is 22.2. The van der Waals surface area contributed by atoms with Crippen molar-refractivity contribution < 1.29 is 44.1 Å². The number of nitrogens with zero attached hydrogens (tertiary/aromatic N) is 1. The Morgan fingerprint density at radius 1 is 1.17 bits per heavy atom. The maximum atomic E-state index is 13.6.